The summed E-state index contributed by atoms with van der Waals surface area (Å²) in [5, 5.41) is 0. The molecule has 0 atom stereocenters. The first-order valence-electron chi connectivity index (χ1n) is 4.86. The molecule has 0 spiro atoms. The standard InChI is InChI=1S/C9H20O5Si/c1-11-9(10)7-5-6-8-15(12-2,13-3)14-4/h5-8H2,1-4H3. The molecular formula is C9H20O5Si. The summed E-state index contributed by atoms with van der Waals surface area (Å²) < 4.78 is 20.3. The number of hydrogen-bond donors (Lipinski definition) is 0. The second-order valence-electron chi connectivity index (χ2n) is 3.08. The molecule has 0 aliphatic carbocycles. The minimum atomic E-state index is -2.45. The van der Waals surface area contributed by atoms with Crippen molar-refractivity contribution in [1.82, 2.24) is 0 Å². The summed E-state index contributed by atoms with van der Waals surface area (Å²) in [6.07, 6.45) is 2.02. The van der Waals surface area contributed by atoms with E-state index in [1.807, 2.05) is 0 Å². The Morgan fingerprint density at radius 3 is 1.93 bits per heavy atom. The van der Waals surface area contributed by atoms with Gasteiger partial charge in [0.1, 0.15) is 0 Å². The lowest BCUT2D eigenvalue weighted by atomic mass is 10.2. The van der Waals surface area contributed by atoms with E-state index in [1.54, 1.807) is 21.3 Å². The molecule has 0 heterocycles. The van der Waals surface area contributed by atoms with Crippen molar-refractivity contribution in [2.45, 2.75) is 25.3 Å². The Morgan fingerprint density at radius 2 is 1.53 bits per heavy atom. The van der Waals surface area contributed by atoms with Gasteiger partial charge >= 0.3 is 14.8 Å². The lowest BCUT2D eigenvalue weighted by molar-refractivity contribution is -0.140. The van der Waals surface area contributed by atoms with Crippen LogP contribution in [0.5, 0.6) is 0 Å². The zero-order valence-corrected chi connectivity index (χ0v) is 10.9. The molecule has 0 aromatic heterocycles. The fourth-order valence-corrected chi connectivity index (χ4v) is 3.06. The highest BCUT2D eigenvalue weighted by Crippen LogP contribution is 2.17. The quantitative estimate of drug-likeness (QED) is 0.360. The van der Waals surface area contributed by atoms with Gasteiger partial charge in [0.05, 0.1) is 7.11 Å². The molecule has 0 aromatic rings. The van der Waals surface area contributed by atoms with E-state index in [9.17, 15) is 4.79 Å². The summed E-state index contributed by atoms with van der Waals surface area (Å²) in [6.45, 7) is 0. The fraction of sp³-hybridized carbons (Fsp3) is 0.889. The maximum atomic E-state index is 10.8. The highest BCUT2D eigenvalue weighted by atomic mass is 28.4. The lowest BCUT2D eigenvalue weighted by Crippen LogP contribution is -2.42. The number of hydrogen-bond acceptors (Lipinski definition) is 5. The maximum Gasteiger partial charge on any atom is 0.500 e. The smallest absolute Gasteiger partial charge is 0.469 e. The van der Waals surface area contributed by atoms with E-state index in [2.05, 4.69) is 4.74 Å². The van der Waals surface area contributed by atoms with Crippen LogP contribution in [0.1, 0.15) is 19.3 Å². The third kappa shape index (κ3) is 5.27. The van der Waals surface area contributed by atoms with E-state index in [4.69, 9.17) is 13.3 Å². The van der Waals surface area contributed by atoms with Crippen LogP contribution in [0.25, 0.3) is 0 Å². The molecule has 0 aromatic carbocycles. The zero-order valence-electron chi connectivity index (χ0n) is 9.87. The van der Waals surface area contributed by atoms with Crippen LogP contribution in [0.15, 0.2) is 0 Å². The van der Waals surface area contributed by atoms with Gasteiger partial charge in [-0.2, -0.15) is 0 Å². The highest BCUT2D eigenvalue weighted by Gasteiger charge is 2.36. The van der Waals surface area contributed by atoms with Gasteiger partial charge in [-0.05, 0) is 12.8 Å². The molecule has 15 heavy (non-hydrogen) atoms. The molecule has 0 saturated carbocycles. The van der Waals surface area contributed by atoms with E-state index in [0.29, 0.717) is 12.5 Å². The van der Waals surface area contributed by atoms with Gasteiger partial charge in [0, 0.05) is 33.8 Å². The summed E-state index contributed by atoms with van der Waals surface area (Å²) >= 11 is 0. The lowest BCUT2D eigenvalue weighted by Gasteiger charge is -2.24. The highest BCUT2D eigenvalue weighted by molar-refractivity contribution is 6.60. The van der Waals surface area contributed by atoms with E-state index < -0.39 is 8.80 Å². The van der Waals surface area contributed by atoms with Gasteiger partial charge in [0.2, 0.25) is 0 Å². The Bertz CT molecular complexity index is 173. The summed E-state index contributed by atoms with van der Waals surface area (Å²) in [6, 6.07) is 0.716. The normalized spacial score (nSPS) is 11.5. The van der Waals surface area contributed by atoms with Crippen molar-refractivity contribution >= 4 is 14.8 Å². The molecule has 0 bridgehead atoms. The first-order chi connectivity index (χ1) is 7.14. The number of esters is 1. The van der Waals surface area contributed by atoms with Crippen LogP contribution in [-0.4, -0.2) is 43.2 Å². The summed E-state index contributed by atoms with van der Waals surface area (Å²) in [5.74, 6) is -0.186. The first kappa shape index (κ1) is 14.6. The van der Waals surface area contributed by atoms with Crippen molar-refractivity contribution < 1.29 is 22.8 Å². The minimum absolute atomic E-state index is 0.186. The van der Waals surface area contributed by atoms with E-state index in [0.717, 1.165) is 12.8 Å². The molecule has 0 N–H and O–H groups in total. The predicted octanol–water partition coefficient (Wildman–Crippen LogP) is 1.21. The van der Waals surface area contributed by atoms with Gasteiger partial charge in [-0.3, -0.25) is 4.79 Å². The second-order valence-corrected chi connectivity index (χ2v) is 6.17. The molecule has 0 fully saturated rings. The zero-order chi connectivity index (χ0) is 11.7. The summed E-state index contributed by atoms with van der Waals surface area (Å²) in [5.41, 5.74) is 0. The van der Waals surface area contributed by atoms with Gasteiger partial charge in [0.25, 0.3) is 0 Å². The van der Waals surface area contributed by atoms with Crippen LogP contribution < -0.4 is 0 Å². The maximum absolute atomic E-state index is 10.8. The van der Waals surface area contributed by atoms with Crippen LogP contribution in [0.4, 0.5) is 0 Å². The van der Waals surface area contributed by atoms with Gasteiger partial charge in [-0.15, -0.1) is 0 Å². The van der Waals surface area contributed by atoms with E-state index in [1.165, 1.54) is 7.11 Å². The van der Waals surface area contributed by atoms with Gasteiger partial charge in [-0.25, -0.2) is 0 Å². The third-order valence-corrected chi connectivity index (χ3v) is 5.11. The van der Waals surface area contributed by atoms with Crippen LogP contribution in [0.3, 0.4) is 0 Å². The van der Waals surface area contributed by atoms with Crippen molar-refractivity contribution in [3.63, 3.8) is 0 Å². The van der Waals surface area contributed by atoms with Crippen molar-refractivity contribution in [3.8, 4) is 0 Å². The van der Waals surface area contributed by atoms with Crippen LogP contribution in [-0.2, 0) is 22.8 Å². The molecule has 0 unspecified atom stereocenters. The number of carbonyl (C=O) groups excluding carboxylic acids is 1. The molecule has 0 rings (SSSR count). The Morgan fingerprint density at radius 1 is 1.00 bits per heavy atom. The molecule has 0 saturated heterocycles. The second kappa shape index (κ2) is 7.81. The Labute approximate surface area is 92.0 Å². The Kier molecular flexibility index (Phi) is 7.58. The molecular weight excluding hydrogens is 216 g/mol. The molecule has 5 nitrogen and oxygen atoms in total. The van der Waals surface area contributed by atoms with Crippen LogP contribution in [0.2, 0.25) is 6.04 Å². The first-order valence-corrected chi connectivity index (χ1v) is 6.79. The number of rotatable bonds is 8. The topological polar surface area (TPSA) is 54.0 Å². The molecule has 0 amide bonds. The molecule has 0 radical (unpaired) electrons. The van der Waals surface area contributed by atoms with Crippen molar-refractivity contribution in [1.29, 1.82) is 0 Å². The van der Waals surface area contributed by atoms with Gasteiger partial charge < -0.3 is 18.0 Å². The molecule has 90 valence electrons. The molecule has 0 aliphatic heterocycles. The summed E-state index contributed by atoms with van der Waals surface area (Å²) in [7, 11) is 3.69. The van der Waals surface area contributed by atoms with Crippen molar-refractivity contribution in [3.05, 3.63) is 0 Å². The number of methoxy groups -OCH3 is 1. The fourth-order valence-electron chi connectivity index (χ4n) is 1.27. The largest absolute Gasteiger partial charge is 0.500 e. The van der Waals surface area contributed by atoms with Gasteiger partial charge in [-0.1, -0.05) is 0 Å². The van der Waals surface area contributed by atoms with Crippen molar-refractivity contribution in [2.24, 2.45) is 0 Å². The van der Waals surface area contributed by atoms with Crippen LogP contribution in [0, 0.1) is 0 Å². The Hall–Kier alpha value is -0.433. The van der Waals surface area contributed by atoms with Crippen LogP contribution >= 0.6 is 0 Å². The van der Waals surface area contributed by atoms with Crippen molar-refractivity contribution in [2.75, 3.05) is 28.4 Å². The van der Waals surface area contributed by atoms with E-state index in [-0.39, 0.29) is 5.97 Å². The third-order valence-electron chi connectivity index (χ3n) is 2.27. The molecule has 0 aliphatic rings. The summed E-state index contributed by atoms with van der Waals surface area (Å²) in [4.78, 5) is 10.8. The predicted molar refractivity (Wildman–Crippen MR) is 57.5 cm³/mol. The number of unbranched alkanes of at least 4 members (excludes halogenated alkanes) is 1. The average Bonchev–Trinajstić information content (AvgIpc) is 2.30. The monoisotopic (exact) mass is 236 g/mol. The number of ether oxygens (including phenoxy) is 1. The van der Waals surface area contributed by atoms with Gasteiger partial charge in [0.15, 0.2) is 0 Å². The Balaban J connectivity index is 3.76. The SMILES string of the molecule is COC(=O)CCCC[Si](OC)(OC)OC. The molecule has 6 heteroatoms. The minimum Gasteiger partial charge on any atom is -0.469 e. The van der Waals surface area contributed by atoms with E-state index >= 15 is 0 Å². The average molecular weight is 236 g/mol. The number of carbonyl (C=O) groups is 1.